The van der Waals surface area contributed by atoms with Crippen molar-refractivity contribution in [2.75, 3.05) is 24.2 Å². The summed E-state index contributed by atoms with van der Waals surface area (Å²) in [5, 5.41) is 12.4. The van der Waals surface area contributed by atoms with Gasteiger partial charge in [-0.25, -0.2) is 8.42 Å². The molecule has 0 aliphatic carbocycles. The van der Waals surface area contributed by atoms with E-state index in [1.165, 1.54) is 16.1 Å². The van der Waals surface area contributed by atoms with Crippen molar-refractivity contribution in [3.8, 4) is 17.1 Å². The van der Waals surface area contributed by atoms with Crippen molar-refractivity contribution >= 4 is 33.4 Å². The van der Waals surface area contributed by atoms with Gasteiger partial charge in [-0.15, -0.1) is 10.2 Å². The van der Waals surface area contributed by atoms with Crippen molar-refractivity contribution in [1.82, 2.24) is 19.1 Å². The van der Waals surface area contributed by atoms with Crippen molar-refractivity contribution in [1.29, 1.82) is 0 Å². The topological polar surface area (TPSA) is 97.2 Å². The van der Waals surface area contributed by atoms with E-state index in [9.17, 15) is 13.2 Å². The number of para-hydroxylation sites is 2. The van der Waals surface area contributed by atoms with Crippen LogP contribution in [0.1, 0.15) is 24.0 Å². The average molecular weight is 548 g/mol. The first-order valence-corrected chi connectivity index (χ1v) is 14.9. The van der Waals surface area contributed by atoms with E-state index < -0.39 is 10.0 Å². The molecule has 1 aliphatic rings. The first kappa shape index (κ1) is 26.1. The van der Waals surface area contributed by atoms with Crippen LogP contribution in [-0.4, -0.2) is 52.2 Å². The molecule has 2 heterocycles. The Bertz CT molecular complexity index is 1540. The Hall–Kier alpha value is -3.47. The van der Waals surface area contributed by atoms with Gasteiger partial charge in [0.15, 0.2) is 11.0 Å². The second kappa shape index (κ2) is 11.1. The SMILES string of the molecule is Cc1cccc(C)c1NC(=O)CSc1nnc(-c2cccc(S(=O)(=O)N3CCCC3)c2)n1-c1ccccc1. The minimum absolute atomic E-state index is 0.141. The predicted octanol–water partition coefficient (Wildman–Crippen LogP) is 5.07. The minimum atomic E-state index is -3.58. The van der Waals surface area contributed by atoms with Crippen LogP contribution in [0.3, 0.4) is 0 Å². The molecule has 0 atom stereocenters. The number of hydrogen-bond acceptors (Lipinski definition) is 6. The fourth-order valence-corrected chi connectivity index (χ4v) is 6.87. The summed E-state index contributed by atoms with van der Waals surface area (Å²) in [4.78, 5) is 13.1. The Balaban J connectivity index is 1.45. The summed E-state index contributed by atoms with van der Waals surface area (Å²) in [7, 11) is -3.58. The molecule has 1 fully saturated rings. The zero-order chi connectivity index (χ0) is 26.7. The van der Waals surface area contributed by atoms with E-state index >= 15 is 0 Å². The van der Waals surface area contributed by atoms with Crippen molar-refractivity contribution in [3.05, 3.63) is 83.9 Å². The molecule has 0 saturated carbocycles. The molecule has 8 nitrogen and oxygen atoms in total. The molecule has 0 unspecified atom stereocenters. The van der Waals surface area contributed by atoms with Crippen molar-refractivity contribution < 1.29 is 13.2 Å². The van der Waals surface area contributed by atoms with Crippen LogP contribution in [0.5, 0.6) is 0 Å². The van der Waals surface area contributed by atoms with Gasteiger partial charge in [-0.3, -0.25) is 9.36 Å². The Morgan fingerprint density at radius 1 is 0.921 bits per heavy atom. The van der Waals surface area contributed by atoms with E-state index in [1.54, 1.807) is 18.2 Å². The zero-order valence-corrected chi connectivity index (χ0v) is 22.9. The summed E-state index contributed by atoms with van der Waals surface area (Å²) < 4.78 is 29.8. The Morgan fingerprint density at radius 3 is 2.32 bits per heavy atom. The number of nitrogens with one attached hydrogen (secondary N) is 1. The van der Waals surface area contributed by atoms with Gasteiger partial charge in [0.25, 0.3) is 0 Å². The maximum absolute atomic E-state index is 13.2. The molecule has 1 N–H and O–H groups in total. The first-order valence-electron chi connectivity index (χ1n) is 12.4. The van der Waals surface area contributed by atoms with Gasteiger partial charge in [-0.05, 0) is 62.1 Å². The highest BCUT2D eigenvalue weighted by atomic mass is 32.2. The maximum atomic E-state index is 13.2. The summed E-state index contributed by atoms with van der Waals surface area (Å²) >= 11 is 1.28. The van der Waals surface area contributed by atoms with Gasteiger partial charge in [0.05, 0.1) is 10.6 Å². The number of nitrogens with zero attached hydrogens (tertiary/aromatic N) is 4. The van der Waals surface area contributed by atoms with Crippen LogP contribution in [0.15, 0.2) is 82.8 Å². The second-order valence-electron chi connectivity index (χ2n) is 9.22. The number of thioether (sulfide) groups is 1. The van der Waals surface area contributed by atoms with Crippen LogP contribution in [0.4, 0.5) is 5.69 Å². The van der Waals surface area contributed by atoms with Gasteiger partial charge in [0.1, 0.15) is 0 Å². The molecule has 0 spiro atoms. The third-order valence-electron chi connectivity index (χ3n) is 6.52. The standard InChI is InChI=1S/C28H29N5O3S2/c1-20-10-8-11-21(2)26(20)29-25(34)19-37-28-31-30-27(33(28)23-13-4-3-5-14-23)22-12-9-15-24(18-22)38(35,36)32-16-6-7-17-32/h3-5,8-15,18H,6-7,16-17,19H2,1-2H3,(H,29,34). The molecule has 1 amide bonds. The van der Waals surface area contributed by atoms with E-state index in [0.717, 1.165) is 35.3 Å². The number of sulfonamides is 1. The van der Waals surface area contributed by atoms with Crippen molar-refractivity contribution in [2.24, 2.45) is 0 Å². The summed E-state index contributed by atoms with van der Waals surface area (Å²) in [5.74, 6) is 0.505. The third-order valence-corrected chi connectivity index (χ3v) is 9.34. The lowest BCUT2D eigenvalue weighted by Crippen LogP contribution is -2.27. The summed E-state index contributed by atoms with van der Waals surface area (Å²) in [5.41, 5.74) is 4.27. The van der Waals surface area contributed by atoms with Crippen LogP contribution in [0, 0.1) is 13.8 Å². The Kier molecular flexibility index (Phi) is 7.64. The number of aryl methyl sites for hydroxylation is 2. The molecular formula is C28H29N5O3S2. The summed E-state index contributed by atoms with van der Waals surface area (Å²) in [6.07, 6.45) is 1.75. The molecular weight excluding hydrogens is 518 g/mol. The number of amides is 1. The number of rotatable bonds is 8. The first-order chi connectivity index (χ1) is 18.3. The Morgan fingerprint density at radius 2 is 1.61 bits per heavy atom. The van der Waals surface area contributed by atoms with Crippen LogP contribution in [0.2, 0.25) is 0 Å². The zero-order valence-electron chi connectivity index (χ0n) is 21.3. The number of carbonyl (C=O) groups excluding carboxylic acids is 1. The highest BCUT2D eigenvalue weighted by molar-refractivity contribution is 7.99. The lowest BCUT2D eigenvalue weighted by atomic mass is 10.1. The van der Waals surface area contributed by atoms with Gasteiger partial charge in [0.2, 0.25) is 15.9 Å². The molecule has 196 valence electrons. The number of anilines is 1. The van der Waals surface area contributed by atoms with E-state index in [2.05, 4.69) is 15.5 Å². The fraction of sp³-hybridized carbons (Fsp3) is 0.250. The van der Waals surface area contributed by atoms with E-state index in [-0.39, 0.29) is 16.6 Å². The lowest BCUT2D eigenvalue weighted by molar-refractivity contribution is -0.113. The Labute approximate surface area is 227 Å². The number of aromatic nitrogens is 3. The van der Waals surface area contributed by atoms with Crippen LogP contribution < -0.4 is 5.32 Å². The van der Waals surface area contributed by atoms with Crippen LogP contribution >= 0.6 is 11.8 Å². The molecule has 1 aromatic heterocycles. The monoisotopic (exact) mass is 547 g/mol. The van der Waals surface area contributed by atoms with Crippen LogP contribution in [-0.2, 0) is 14.8 Å². The summed E-state index contributed by atoms with van der Waals surface area (Å²) in [6.45, 7) is 5.01. The molecule has 5 rings (SSSR count). The van der Waals surface area contributed by atoms with Gasteiger partial charge in [-0.1, -0.05) is 60.3 Å². The van der Waals surface area contributed by atoms with E-state index in [0.29, 0.717) is 29.6 Å². The average Bonchev–Trinajstić information content (AvgIpc) is 3.61. The van der Waals surface area contributed by atoms with E-state index in [1.807, 2.05) is 73.0 Å². The predicted molar refractivity (Wildman–Crippen MR) is 150 cm³/mol. The molecule has 10 heteroatoms. The highest BCUT2D eigenvalue weighted by Gasteiger charge is 2.28. The number of hydrogen-bond donors (Lipinski definition) is 1. The second-order valence-corrected chi connectivity index (χ2v) is 12.1. The fourth-order valence-electron chi connectivity index (χ4n) is 4.55. The molecule has 0 radical (unpaired) electrons. The van der Waals surface area contributed by atoms with Gasteiger partial charge >= 0.3 is 0 Å². The highest BCUT2D eigenvalue weighted by Crippen LogP contribution is 2.30. The van der Waals surface area contributed by atoms with Crippen LogP contribution in [0.25, 0.3) is 17.1 Å². The van der Waals surface area contributed by atoms with Crippen molar-refractivity contribution in [3.63, 3.8) is 0 Å². The molecule has 3 aromatic carbocycles. The molecule has 0 bridgehead atoms. The number of carbonyl (C=O) groups is 1. The van der Waals surface area contributed by atoms with Gasteiger partial charge in [0, 0.05) is 30.0 Å². The maximum Gasteiger partial charge on any atom is 0.243 e. The largest absolute Gasteiger partial charge is 0.325 e. The summed E-state index contributed by atoms with van der Waals surface area (Å²) in [6, 6.07) is 22.3. The molecule has 38 heavy (non-hydrogen) atoms. The minimum Gasteiger partial charge on any atom is -0.325 e. The van der Waals surface area contributed by atoms with Crippen molar-refractivity contribution in [2.45, 2.75) is 36.7 Å². The number of benzene rings is 3. The molecule has 1 aliphatic heterocycles. The molecule has 1 saturated heterocycles. The normalized spacial score (nSPS) is 14.1. The lowest BCUT2D eigenvalue weighted by Gasteiger charge is -2.16. The smallest absolute Gasteiger partial charge is 0.243 e. The van der Waals surface area contributed by atoms with E-state index in [4.69, 9.17) is 0 Å². The van der Waals surface area contributed by atoms with Gasteiger partial charge in [-0.2, -0.15) is 4.31 Å². The molecule has 4 aromatic rings. The van der Waals surface area contributed by atoms with Gasteiger partial charge < -0.3 is 5.32 Å². The quantitative estimate of drug-likeness (QED) is 0.310. The third kappa shape index (κ3) is 5.38.